The van der Waals surface area contributed by atoms with Gasteiger partial charge in [0.1, 0.15) is 11.2 Å². The fourth-order valence-corrected chi connectivity index (χ4v) is 12.4. The number of benzene rings is 10. The summed E-state index contributed by atoms with van der Waals surface area (Å²) in [5.74, 6) is -0.143. The van der Waals surface area contributed by atoms with Crippen LogP contribution in [0.5, 0.6) is 0 Å². The number of rotatable bonds is 4. The van der Waals surface area contributed by atoms with Gasteiger partial charge < -0.3 is 4.42 Å². The number of aromatic nitrogens is 2. The predicted molar refractivity (Wildman–Crippen MR) is 297 cm³/mol. The molecule has 2 heterocycles. The molecule has 0 N–H and O–H groups in total. The minimum Gasteiger partial charge on any atom is -0.455 e. The molecule has 0 bridgehead atoms. The van der Waals surface area contributed by atoms with E-state index < -0.39 is 5.89 Å². The molecular weight excluding hydrogens is 873 g/mol. The standard InChI is InChI=1S/C69H46N2O/c1-2-18-42(17-1)66-45(43-35-37-56-51-23-6-5-21-49(51)47-19-3-4-20-48(47)50-22-7-9-26-54(50)62(56)39-43)30-15-31-46(66)44-36-38-57-63(40-44)55-27-10-8-24-52(55)53-25-11-12-29-59(53)67-64(57)41-70-69(71-67)61-33-16-32-60-58-28-13-14-34-65(58)72-68(60)61/h3-16,19-42H,1-2,17-18H2/i42D. The number of hydrogen-bond acceptors (Lipinski definition) is 3. The van der Waals surface area contributed by atoms with Crippen LogP contribution in [0.1, 0.15) is 38.5 Å². The zero-order chi connectivity index (χ0) is 48.2. The topological polar surface area (TPSA) is 38.9 Å². The van der Waals surface area contributed by atoms with Gasteiger partial charge in [0.15, 0.2) is 5.82 Å². The number of nitrogens with zero attached hydrogens (tertiary/aromatic N) is 2. The van der Waals surface area contributed by atoms with Gasteiger partial charge in [-0.15, -0.1) is 0 Å². The first-order valence-corrected chi connectivity index (χ1v) is 25.3. The van der Waals surface area contributed by atoms with Crippen molar-refractivity contribution in [3.63, 3.8) is 0 Å². The molecule has 15 rings (SSSR count). The van der Waals surface area contributed by atoms with Crippen molar-refractivity contribution in [3.05, 3.63) is 230 Å². The van der Waals surface area contributed by atoms with Crippen LogP contribution < -0.4 is 0 Å². The lowest BCUT2D eigenvalue weighted by molar-refractivity contribution is 0.669. The van der Waals surface area contributed by atoms with Crippen molar-refractivity contribution < 1.29 is 5.79 Å². The molecule has 0 aliphatic heterocycles. The molecule has 0 atom stereocenters. The summed E-state index contributed by atoms with van der Waals surface area (Å²) in [5, 5.41) is 2.12. The Hall–Kier alpha value is -8.92. The second kappa shape index (κ2) is 16.3. The molecule has 12 aromatic rings. The molecule has 338 valence electrons. The maximum absolute atomic E-state index is 10.4. The Bertz CT molecular complexity index is 4240. The minimum absolute atomic E-state index is 0.620. The van der Waals surface area contributed by atoms with Gasteiger partial charge in [-0.3, -0.25) is 0 Å². The minimum atomic E-state index is -0.764. The largest absolute Gasteiger partial charge is 0.455 e. The first-order chi connectivity index (χ1) is 36.1. The summed E-state index contributed by atoms with van der Waals surface area (Å²) in [7, 11) is 0. The van der Waals surface area contributed by atoms with E-state index >= 15 is 0 Å². The first-order valence-electron chi connectivity index (χ1n) is 25.8. The highest BCUT2D eigenvalue weighted by Crippen LogP contribution is 2.53. The van der Waals surface area contributed by atoms with Crippen LogP contribution in [0.3, 0.4) is 0 Å². The maximum atomic E-state index is 10.4. The molecule has 10 aromatic carbocycles. The molecule has 0 radical (unpaired) electrons. The van der Waals surface area contributed by atoms with Crippen molar-refractivity contribution in [1.29, 1.82) is 0 Å². The normalized spacial score (nSPS) is 13.9. The molecule has 0 unspecified atom stereocenters. The van der Waals surface area contributed by atoms with Gasteiger partial charge in [-0.05, 0) is 143 Å². The van der Waals surface area contributed by atoms with Crippen molar-refractivity contribution >= 4 is 21.9 Å². The van der Waals surface area contributed by atoms with E-state index in [0.29, 0.717) is 5.82 Å². The van der Waals surface area contributed by atoms with Gasteiger partial charge in [-0.1, -0.05) is 207 Å². The summed E-state index contributed by atoms with van der Waals surface area (Å²) >= 11 is 0. The quantitative estimate of drug-likeness (QED) is 0.177. The Morgan fingerprint density at radius 3 is 1.32 bits per heavy atom. The highest BCUT2D eigenvalue weighted by atomic mass is 16.3. The Morgan fingerprint density at radius 1 is 0.361 bits per heavy atom. The molecule has 3 aliphatic carbocycles. The SMILES string of the molecule is [2H]C1(c2c(-c3ccc4c(c3)-c3ccccc3-c3ccccc3-c3ccccc3-4)cccc2-c2ccc3c(c2)-c2ccccc2-c2ccccc2-c2nc(-c4cccc5c4oc4ccccc45)ncc2-3)CCCC1. The number of furan rings is 1. The van der Waals surface area contributed by atoms with E-state index in [1.807, 2.05) is 18.3 Å². The fraction of sp³-hybridized carbons (Fsp3) is 0.0725. The predicted octanol–water partition coefficient (Wildman–Crippen LogP) is 19.0. The summed E-state index contributed by atoms with van der Waals surface area (Å²) < 4.78 is 17.0. The van der Waals surface area contributed by atoms with Crippen LogP contribution in [-0.4, -0.2) is 9.97 Å². The molecule has 1 saturated carbocycles. The van der Waals surface area contributed by atoms with Crippen molar-refractivity contribution in [3.8, 4) is 123 Å². The van der Waals surface area contributed by atoms with Crippen LogP contribution in [-0.2, 0) is 0 Å². The van der Waals surface area contributed by atoms with Gasteiger partial charge in [0.25, 0.3) is 0 Å². The van der Waals surface area contributed by atoms with E-state index in [1.54, 1.807) is 0 Å². The molecule has 0 spiro atoms. The lowest BCUT2D eigenvalue weighted by Gasteiger charge is -2.26. The van der Waals surface area contributed by atoms with E-state index in [-0.39, 0.29) is 0 Å². The van der Waals surface area contributed by atoms with E-state index in [0.717, 1.165) is 126 Å². The summed E-state index contributed by atoms with van der Waals surface area (Å²) in [5.41, 5.74) is 26.3. The lowest BCUT2D eigenvalue weighted by atomic mass is 9.78. The van der Waals surface area contributed by atoms with Crippen LogP contribution >= 0.6 is 0 Å². The molecule has 0 saturated heterocycles. The Kier molecular flexibility index (Phi) is 9.05. The number of para-hydroxylation sites is 2. The first kappa shape index (κ1) is 39.9. The smallest absolute Gasteiger partial charge is 0.163 e. The number of fused-ring (bicyclic) bond motifs is 19. The van der Waals surface area contributed by atoms with Crippen molar-refractivity contribution in [2.45, 2.75) is 31.6 Å². The lowest BCUT2D eigenvalue weighted by Crippen LogP contribution is -2.03. The van der Waals surface area contributed by atoms with E-state index in [9.17, 15) is 1.37 Å². The molecule has 0 amide bonds. The highest BCUT2D eigenvalue weighted by Gasteiger charge is 2.29. The molecule has 3 aliphatic rings. The van der Waals surface area contributed by atoms with Crippen LogP contribution in [0.25, 0.3) is 145 Å². The van der Waals surface area contributed by atoms with Crippen LogP contribution in [0.15, 0.2) is 229 Å². The third-order valence-electron chi connectivity index (χ3n) is 15.6. The maximum Gasteiger partial charge on any atom is 0.163 e. The van der Waals surface area contributed by atoms with Crippen LogP contribution in [0, 0.1) is 0 Å². The molecule has 72 heavy (non-hydrogen) atoms. The monoisotopic (exact) mass is 919 g/mol. The summed E-state index contributed by atoms with van der Waals surface area (Å²) in [6, 6.07) is 79.1. The summed E-state index contributed by atoms with van der Waals surface area (Å²) in [6.45, 7) is 0. The second-order valence-corrected chi connectivity index (χ2v) is 19.5. The van der Waals surface area contributed by atoms with Crippen LogP contribution in [0.2, 0.25) is 0 Å². The van der Waals surface area contributed by atoms with Crippen molar-refractivity contribution in [2.24, 2.45) is 0 Å². The average Bonchev–Trinajstić information content (AvgIpc) is 4.08. The third-order valence-corrected chi connectivity index (χ3v) is 15.6. The molecular formula is C69H46N2O. The molecule has 3 heteroatoms. The highest BCUT2D eigenvalue weighted by molar-refractivity contribution is 6.10. The molecule has 2 aromatic heterocycles. The summed E-state index contributed by atoms with van der Waals surface area (Å²) in [4.78, 5) is 10.7. The van der Waals surface area contributed by atoms with Gasteiger partial charge in [-0.2, -0.15) is 0 Å². The number of hydrogen-bond donors (Lipinski definition) is 0. The van der Waals surface area contributed by atoms with Gasteiger partial charge in [0.2, 0.25) is 0 Å². The van der Waals surface area contributed by atoms with Crippen LogP contribution in [0.4, 0.5) is 0 Å². The van der Waals surface area contributed by atoms with Gasteiger partial charge >= 0.3 is 0 Å². The van der Waals surface area contributed by atoms with Crippen molar-refractivity contribution in [1.82, 2.24) is 9.97 Å². The molecule has 1 fully saturated rings. The zero-order valence-corrected chi connectivity index (χ0v) is 39.5. The van der Waals surface area contributed by atoms with E-state index in [4.69, 9.17) is 14.4 Å². The molecule has 3 nitrogen and oxygen atoms in total. The van der Waals surface area contributed by atoms with Gasteiger partial charge in [0.05, 0.1) is 11.3 Å². The van der Waals surface area contributed by atoms with Gasteiger partial charge in [0, 0.05) is 29.5 Å². The Labute approximate surface area is 420 Å². The fourth-order valence-electron chi connectivity index (χ4n) is 12.4. The average molecular weight is 920 g/mol. The Morgan fingerprint density at radius 2 is 0.764 bits per heavy atom. The Balaban J connectivity index is 0.934. The van der Waals surface area contributed by atoms with Gasteiger partial charge in [-0.25, -0.2) is 9.97 Å². The second-order valence-electron chi connectivity index (χ2n) is 19.5. The third kappa shape index (κ3) is 6.30. The van der Waals surface area contributed by atoms with E-state index in [2.05, 4.69) is 206 Å². The van der Waals surface area contributed by atoms with Crippen molar-refractivity contribution in [2.75, 3.05) is 0 Å². The summed E-state index contributed by atoms with van der Waals surface area (Å²) in [6.07, 6.45) is 5.71. The van der Waals surface area contributed by atoms with E-state index in [1.165, 1.54) is 44.5 Å². The zero-order valence-electron chi connectivity index (χ0n) is 40.5.